The molecule has 8 heavy (non-hydrogen) atoms. The summed E-state index contributed by atoms with van der Waals surface area (Å²) in [6, 6.07) is 0. The van der Waals surface area contributed by atoms with Crippen LogP contribution in [0.5, 0.6) is 0 Å². The van der Waals surface area contributed by atoms with E-state index in [2.05, 4.69) is 5.32 Å². The van der Waals surface area contributed by atoms with Gasteiger partial charge in [-0.15, -0.1) is 0 Å². The van der Waals surface area contributed by atoms with E-state index in [0.29, 0.717) is 0 Å². The molecule has 0 amide bonds. The zero-order chi connectivity index (χ0) is 6.24. The van der Waals surface area contributed by atoms with Gasteiger partial charge in [-0.3, -0.25) is 5.32 Å². The Morgan fingerprint density at radius 3 is 2.50 bits per heavy atom. The van der Waals surface area contributed by atoms with Crippen LogP contribution in [-0.4, -0.2) is 24.8 Å². The van der Waals surface area contributed by atoms with Crippen LogP contribution in [0.3, 0.4) is 0 Å². The molecule has 0 spiro atoms. The van der Waals surface area contributed by atoms with Crippen molar-refractivity contribution in [3.8, 4) is 0 Å². The Bertz CT molecular complexity index is 48.9. The minimum absolute atomic E-state index is 0.750. The molecule has 0 aliphatic carbocycles. The molecule has 5 heteroatoms. The molecule has 4 nitrogen and oxygen atoms in total. The highest BCUT2D eigenvalue weighted by Gasteiger charge is 1.92. The van der Waals surface area contributed by atoms with Gasteiger partial charge in [-0.1, -0.05) is 0 Å². The molecular weight excluding hydrogens is 129 g/mol. The molecule has 1 saturated heterocycles. The molecule has 1 aliphatic heterocycles. The number of nitrogens with one attached hydrogen (secondary N) is 1. The Balaban J connectivity index is 0.000000145. The maximum absolute atomic E-state index is 8.51. The SMILES string of the molecule is C1COCN1.O=[PH+]O. The van der Waals surface area contributed by atoms with Crippen molar-refractivity contribution >= 4 is 8.69 Å². The van der Waals surface area contributed by atoms with Crippen molar-refractivity contribution in [2.45, 2.75) is 0 Å². The average Bonchev–Trinajstić information content (AvgIpc) is 2.17. The Labute approximate surface area is 49.1 Å². The number of hydrogen-bond acceptors (Lipinski definition) is 3. The Morgan fingerprint density at radius 2 is 2.38 bits per heavy atom. The minimum atomic E-state index is -1.17. The van der Waals surface area contributed by atoms with Gasteiger partial charge in [0.25, 0.3) is 0 Å². The second-order valence-electron chi connectivity index (χ2n) is 1.14. The van der Waals surface area contributed by atoms with Gasteiger partial charge >= 0.3 is 8.69 Å². The van der Waals surface area contributed by atoms with Crippen LogP contribution in [0.1, 0.15) is 0 Å². The van der Waals surface area contributed by atoms with Crippen LogP contribution in [0.25, 0.3) is 0 Å². The normalized spacial score (nSPS) is 17.6. The van der Waals surface area contributed by atoms with E-state index in [1.165, 1.54) is 0 Å². The van der Waals surface area contributed by atoms with Gasteiger partial charge < -0.3 is 4.74 Å². The van der Waals surface area contributed by atoms with Gasteiger partial charge in [-0.2, -0.15) is 4.89 Å². The second-order valence-corrected chi connectivity index (χ2v) is 1.33. The summed E-state index contributed by atoms with van der Waals surface area (Å²) in [5.41, 5.74) is 0. The number of hydrogen-bond donors (Lipinski definition) is 2. The van der Waals surface area contributed by atoms with Crippen molar-refractivity contribution in [2.75, 3.05) is 19.9 Å². The van der Waals surface area contributed by atoms with Crippen molar-refractivity contribution in [2.24, 2.45) is 0 Å². The van der Waals surface area contributed by atoms with Crippen LogP contribution < -0.4 is 5.32 Å². The molecular formula is C3H9NO3P+. The molecule has 0 bridgehead atoms. The molecule has 0 radical (unpaired) electrons. The monoisotopic (exact) mass is 138 g/mol. The quantitative estimate of drug-likeness (QED) is 0.442. The van der Waals surface area contributed by atoms with Crippen molar-refractivity contribution < 1.29 is 14.2 Å². The molecule has 0 saturated carbocycles. The highest BCUT2D eigenvalue weighted by atomic mass is 31.1. The van der Waals surface area contributed by atoms with Crippen molar-refractivity contribution in [1.29, 1.82) is 0 Å². The van der Waals surface area contributed by atoms with Crippen molar-refractivity contribution in [1.82, 2.24) is 5.32 Å². The van der Waals surface area contributed by atoms with Gasteiger partial charge in [0.2, 0.25) is 0 Å². The minimum Gasteiger partial charge on any atom is -0.365 e. The topological polar surface area (TPSA) is 58.6 Å². The van der Waals surface area contributed by atoms with Gasteiger partial charge in [0.15, 0.2) is 0 Å². The third-order valence-corrected chi connectivity index (χ3v) is 0.627. The van der Waals surface area contributed by atoms with Gasteiger partial charge in [-0.05, 0) is 4.57 Å². The van der Waals surface area contributed by atoms with E-state index in [1.807, 2.05) is 0 Å². The molecule has 1 heterocycles. The van der Waals surface area contributed by atoms with Gasteiger partial charge in [0.1, 0.15) is 0 Å². The maximum Gasteiger partial charge on any atom is 0.491 e. The Hall–Kier alpha value is -0.0200. The van der Waals surface area contributed by atoms with Crippen LogP contribution >= 0.6 is 8.69 Å². The lowest BCUT2D eigenvalue weighted by atomic mass is 10.7. The van der Waals surface area contributed by atoms with Crippen LogP contribution in [0.15, 0.2) is 0 Å². The summed E-state index contributed by atoms with van der Waals surface area (Å²) >= 11 is 0. The van der Waals surface area contributed by atoms with E-state index in [-0.39, 0.29) is 0 Å². The summed E-state index contributed by atoms with van der Waals surface area (Å²) < 4.78 is 13.3. The molecule has 0 aromatic carbocycles. The predicted octanol–water partition coefficient (Wildman–Crippen LogP) is -0.519. The van der Waals surface area contributed by atoms with Gasteiger partial charge in [0, 0.05) is 6.54 Å². The summed E-state index contributed by atoms with van der Waals surface area (Å²) in [5, 5.41) is 3.00. The van der Waals surface area contributed by atoms with Crippen molar-refractivity contribution in [3.05, 3.63) is 0 Å². The van der Waals surface area contributed by atoms with E-state index >= 15 is 0 Å². The molecule has 0 aromatic rings. The first-order chi connectivity index (χ1) is 3.91. The average molecular weight is 138 g/mol. The van der Waals surface area contributed by atoms with Crippen molar-refractivity contribution in [3.63, 3.8) is 0 Å². The molecule has 1 unspecified atom stereocenters. The molecule has 1 aliphatic rings. The molecule has 48 valence electrons. The zero-order valence-corrected chi connectivity index (χ0v) is 5.39. The second kappa shape index (κ2) is 6.98. The Kier molecular flexibility index (Phi) is 6.96. The van der Waals surface area contributed by atoms with E-state index in [9.17, 15) is 0 Å². The smallest absolute Gasteiger partial charge is 0.365 e. The largest absolute Gasteiger partial charge is 0.491 e. The summed E-state index contributed by atoms with van der Waals surface area (Å²) in [6.07, 6.45) is 0. The van der Waals surface area contributed by atoms with Crippen LogP contribution in [0.2, 0.25) is 0 Å². The van der Waals surface area contributed by atoms with E-state index in [4.69, 9.17) is 14.2 Å². The molecule has 1 rings (SSSR count). The summed E-state index contributed by atoms with van der Waals surface area (Å²) in [5.74, 6) is 0. The molecule has 0 aromatic heterocycles. The van der Waals surface area contributed by atoms with Crippen LogP contribution in [0.4, 0.5) is 0 Å². The summed E-state index contributed by atoms with van der Waals surface area (Å²) in [4.78, 5) is 7.04. The fourth-order valence-corrected chi connectivity index (χ4v) is 0.361. The van der Waals surface area contributed by atoms with Gasteiger partial charge in [0.05, 0.1) is 13.3 Å². The molecule has 1 atom stereocenters. The Morgan fingerprint density at radius 1 is 1.75 bits per heavy atom. The molecule has 1 fully saturated rings. The number of rotatable bonds is 0. The summed E-state index contributed by atoms with van der Waals surface area (Å²) in [6.45, 7) is 2.67. The van der Waals surface area contributed by atoms with Crippen LogP contribution in [-0.2, 0) is 9.30 Å². The van der Waals surface area contributed by atoms with Crippen LogP contribution in [0, 0.1) is 0 Å². The third-order valence-electron chi connectivity index (χ3n) is 0.627. The highest BCUT2D eigenvalue weighted by Crippen LogP contribution is 1.75. The molecule has 2 N–H and O–H groups in total. The first-order valence-electron chi connectivity index (χ1n) is 2.21. The predicted molar refractivity (Wildman–Crippen MR) is 30.0 cm³/mol. The maximum atomic E-state index is 8.51. The van der Waals surface area contributed by atoms with E-state index in [1.54, 1.807) is 0 Å². The van der Waals surface area contributed by atoms with E-state index < -0.39 is 8.69 Å². The van der Waals surface area contributed by atoms with Gasteiger partial charge in [-0.25, -0.2) is 0 Å². The first-order valence-corrected chi connectivity index (χ1v) is 3.07. The summed E-state index contributed by atoms with van der Waals surface area (Å²) in [7, 11) is -1.17. The highest BCUT2D eigenvalue weighted by molar-refractivity contribution is 7.16. The standard InChI is InChI=1S/C3H7NO.HO2P/c1-2-5-3-4-1;1-3-2/h4H,1-3H2;3H/p+1. The fourth-order valence-electron chi connectivity index (χ4n) is 0.361. The first kappa shape index (κ1) is 7.98. The van der Waals surface area contributed by atoms with E-state index in [0.717, 1.165) is 19.9 Å². The zero-order valence-electron chi connectivity index (χ0n) is 4.39. The lowest BCUT2D eigenvalue weighted by Crippen LogP contribution is -2.05. The fraction of sp³-hybridized carbons (Fsp3) is 1.00. The lowest BCUT2D eigenvalue weighted by Gasteiger charge is -1.76. The third kappa shape index (κ3) is 5.98. The number of ether oxygens (including phenoxy) is 1. The lowest BCUT2D eigenvalue weighted by molar-refractivity contribution is 0.194.